The molecule has 2 heterocycles. The summed E-state index contributed by atoms with van der Waals surface area (Å²) in [4.78, 5) is 4.66. The van der Waals surface area contributed by atoms with Crippen molar-refractivity contribution in [3.05, 3.63) is 78.8 Å². The summed E-state index contributed by atoms with van der Waals surface area (Å²) in [6, 6.07) is 20.5. The molecule has 0 amide bonds. The first-order chi connectivity index (χ1) is 10.8. The third-order valence-electron chi connectivity index (χ3n) is 3.82. The molecule has 0 saturated heterocycles. The third kappa shape index (κ3) is 2.07. The van der Waals surface area contributed by atoms with Gasteiger partial charge in [-0.2, -0.15) is 5.10 Å². The zero-order valence-corrected chi connectivity index (χ0v) is 12.3. The van der Waals surface area contributed by atoms with Crippen LogP contribution < -0.4 is 0 Å². The molecule has 0 N–H and O–H groups in total. The number of rotatable bonds is 2. The van der Waals surface area contributed by atoms with Crippen molar-refractivity contribution in [2.75, 3.05) is 0 Å². The van der Waals surface area contributed by atoms with Crippen LogP contribution in [0.25, 0.3) is 27.9 Å². The molecule has 22 heavy (non-hydrogen) atoms. The van der Waals surface area contributed by atoms with E-state index < -0.39 is 0 Å². The molecule has 0 bridgehead atoms. The smallest absolute Gasteiger partial charge is 0.163 e. The summed E-state index contributed by atoms with van der Waals surface area (Å²) in [6.45, 7) is 2.03. The van der Waals surface area contributed by atoms with Gasteiger partial charge in [-0.3, -0.25) is 0 Å². The molecule has 4 rings (SSSR count). The standard InChI is InChI=1S/C19H15N3/c1-14-18(16-10-6-3-7-11-16)19-20-12-17(13-22(19)21-14)15-8-4-2-5-9-15/h2-13H,1H3. The van der Waals surface area contributed by atoms with Gasteiger partial charge in [0.2, 0.25) is 0 Å². The lowest BCUT2D eigenvalue weighted by Crippen LogP contribution is -1.92. The number of fused-ring (bicyclic) bond motifs is 1. The zero-order valence-electron chi connectivity index (χ0n) is 12.3. The highest BCUT2D eigenvalue weighted by Crippen LogP contribution is 2.28. The van der Waals surface area contributed by atoms with Gasteiger partial charge in [0.1, 0.15) is 0 Å². The lowest BCUT2D eigenvalue weighted by Gasteiger charge is -2.03. The van der Waals surface area contributed by atoms with Gasteiger partial charge in [-0.05, 0) is 18.1 Å². The monoisotopic (exact) mass is 285 g/mol. The fraction of sp³-hybridized carbons (Fsp3) is 0.0526. The van der Waals surface area contributed by atoms with Crippen LogP contribution in [0.4, 0.5) is 0 Å². The highest BCUT2D eigenvalue weighted by Gasteiger charge is 2.13. The molecule has 0 aliphatic rings. The Morgan fingerprint density at radius 3 is 2.09 bits per heavy atom. The summed E-state index contributed by atoms with van der Waals surface area (Å²) in [5.74, 6) is 0. The van der Waals surface area contributed by atoms with Crippen molar-refractivity contribution in [3.8, 4) is 22.3 Å². The second-order valence-corrected chi connectivity index (χ2v) is 5.30. The van der Waals surface area contributed by atoms with E-state index in [1.54, 1.807) is 0 Å². The van der Waals surface area contributed by atoms with Crippen LogP contribution >= 0.6 is 0 Å². The van der Waals surface area contributed by atoms with Gasteiger partial charge in [0.25, 0.3) is 0 Å². The van der Waals surface area contributed by atoms with E-state index in [-0.39, 0.29) is 0 Å². The SMILES string of the molecule is Cc1nn2cc(-c3ccccc3)cnc2c1-c1ccccc1. The van der Waals surface area contributed by atoms with Gasteiger partial charge < -0.3 is 0 Å². The van der Waals surface area contributed by atoms with Crippen molar-refractivity contribution < 1.29 is 0 Å². The fourth-order valence-electron chi connectivity index (χ4n) is 2.77. The molecule has 0 radical (unpaired) electrons. The first-order valence-electron chi connectivity index (χ1n) is 7.29. The highest BCUT2D eigenvalue weighted by molar-refractivity contribution is 5.80. The van der Waals surface area contributed by atoms with Crippen molar-refractivity contribution in [3.63, 3.8) is 0 Å². The molecule has 0 saturated carbocycles. The molecule has 2 aromatic carbocycles. The lowest BCUT2D eigenvalue weighted by molar-refractivity contribution is 0.919. The molecule has 0 aliphatic carbocycles. The quantitative estimate of drug-likeness (QED) is 0.547. The molecule has 0 aliphatic heterocycles. The average Bonchev–Trinajstić information content (AvgIpc) is 2.91. The second kappa shape index (κ2) is 5.11. The van der Waals surface area contributed by atoms with Crippen LogP contribution in [-0.2, 0) is 0 Å². The van der Waals surface area contributed by atoms with Crippen LogP contribution in [0.2, 0.25) is 0 Å². The normalized spacial score (nSPS) is 11.0. The Balaban J connectivity index is 1.90. The second-order valence-electron chi connectivity index (χ2n) is 5.30. The molecule has 106 valence electrons. The predicted molar refractivity (Wildman–Crippen MR) is 88.6 cm³/mol. The van der Waals surface area contributed by atoms with Crippen LogP contribution in [0, 0.1) is 6.92 Å². The maximum absolute atomic E-state index is 4.66. The van der Waals surface area contributed by atoms with E-state index in [9.17, 15) is 0 Å². The molecule has 2 aromatic heterocycles. The molecular weight excluding hydrogens is 270 g/mol. The van der Waals surface area contributed by atoms with Gasteiger partial charge in [0, 0.05) is 23.5 Å². The summed E-state index contributed by atoms with van der Waals surface area (Å²) in [6.07, 6.45) is 3.95. The topological polar surface area (TPSA) is 30.2 Å². The first kappa shape index (κ1) is 12.8. The number of hydrogen-bond acceptors (Lipinski definition) is 2. The molecule has 3 nitrogen and oxygen atoms in total. The number of benzene rings is 2. The minimum absolute atomic E-state index is 0.892. The lowest BCUT2D eigenvalue weighted by atomic mass is 10.1. The van der Waals surface area contributed by atoms with E-state index >= 15 is 0 Å². The number of aromatic nitrogens is 3. The minimum Gasteiger partial charge on any atom is -0.236 e. The van der Waals surface area contributed by atoms with E-state index in [0.29, 0.717) is 0 Å². The minimum atomic E-state index is 0.892. The summed E-state index contributed by atoms with van der Waals surface area (Å²) >= 11 is 0. The van der Waals surface area contributed by atoms with Crippen LogP contribution in [0.5, 0.6) is 0 Å². The van der Waals surface area contributed by atoms with Crippen molar-refractivity contribution in [1.82, 2.24) is 14.6 Å². The van der Waals surface area contributed by atoms with E-state index in [2.05, 4.69) is 34.3 Å². The van der Waals surface area contributed by atoms with Crippen molar-refractivity contribution in [2.24, 2.45) is 0 Å². The first-order valence-corrected chi connectivity index (χ1v) is 7.29. The van der Waals surface area contributed by atoms with Crippen LogP contribution in [0.3, 0.4) is 0 Å². The van der Waals surface area contributed by atoms with Crippen molar-refractivity contribution in [1.29, 1.82) is 0 Å². The van der Waals surface area contributed by atoms with E-state index in [0.717, 1.165) is 33.6 Å². The molecular formula is C19H15N3. The number of hydrogen-bond donors (Lipinski definition) is 0. The van der Waals surface area contributed by atoms with Crippen molar-refractivity contribution >= 4 is 5.65 Å². The fourth-order valence-corrected chi connectivity index (χ4v) is 2.77. The van der Waals surface area contributed by atoms with Crippen molar-refractivity contribution in [2.45, 2.75) is 6.92 Å². The third-order valence-corrected chi connectivity index (χ3v) is 3.82. The Morgan fingerprint density at radius 2 is 1.41 bits per heavy atom. The number of nitrogens with zero attached hydrogens (tertiary/aromatic N) is 3. The summed E-state index contributed by atoms with van der Waals surface area (Å²) in [5, 5.41) is 4.63. The van der Waals surface area contributed by atoms with E-state index in [4.69, 9.17) is 0 Å². The van der Waals surface area contributed by atoms with Gasteiger partial charge in [-0.1, -0.05) is 60.7 Å². The molecule has 0 spiro atoms. The number of aryl methyl sites for hydroxylation is 1. The van der Waals surface area contributed by atoms with Crippen LogP contribution in [0.15, 0.2) is 73.1 Å². The maximum Gasteiger partial charge on any atom is 0.163 e. The summed E-state index contributed by atoms with van der Waals surface area (Å²) in [7, 11) is 0. The maximum atomic E-state index is 4.66. The Bertz CT molecular complexity index is 925. The van der Waals surface area contributed by atoms with Gasteiger partial charge in [0.15, 0.2) is 5.65 Å². The molecule has 0 unspecified atom stereocenters. The zero-order chi connectivity index (χ0) is 14.9. The van der Waals surface area contributed by atoms with Gasteiger partial charge in [-0.15, -0.1) is 0 Å². The summed E-state index contributed by atoms with van der Waals surface area (Å²) < 4.78 is 1.88. The molecule has 3 heteroatoms. The summed E-state index contributed by atoms with van der Waals surface area (Å²) in [5.41, 5.74) is 6.34. The predicted octanol–water partition coefficient (Wildman–Crippen LogP) is 4.37. The highest BCUT2D eigenvalue weighted by atomic mass is 15.2. The van der Waals surface area contributed by atoms with E-state index in [1.165, 1.54) is 0 Å². The van der Waals surface area contributed by atoms with Crippen LogP contribution in [-0.4, -0.2) is 14.6 Å². The molecule has 0 fully saturated rings. The average molecular weight is 285 g/mol. The van der Waals surface area contributed by atoms with E-state index in [1.807, 2.05) is 60.2 Å². The molecule has 4 aromatic rings. The Kier molecular flexibility index (Phi) is 2.97. The van der Waals surface area contributed by atoms with Gasteiger partial charge in [0.05, 0.1) is 5.69 Å². The Hall–Kier alpha value is -2.94. The Labute approximate surface area is 128 Å². The van der Waals surface area contributed by atoms with Gasteiger partial charge >= 0.3 is 0 Å². The largest absolute Gasteiger partial charge is 0.236 e. The van der Waals surface area contributed by atoms with Gasteiger partial charge in [-0.25, -0.2) is 9.50 Å². The molecule has 0 atom stereocenters. The van der Waals surface area contributed by atoms with Crippen LogP contribution in [0.1, 0.15) is 5.69 Å². The Morgan fingerprint density at radius 1 is 0.773 bits per heavy atom.